The van der Waals surface area contributed by atoms with Crippen molar-refractivity contribution >= 4 is 22.6 Å². The molecule has 0 fully saturated rings. The fourth-order valence-corrected chi connectivity index (χ4v) is 2.62. The van der Waals surface area contributed by atoms with Crippen molar-refractivity contribution in [3.63, 3.8) is 0 Å². The van der Waals surface area contributed by atoms with Gasteiger partial charge in [0.05, 0.1) is 18.9 Å². The van der Waals surface area contributed by atoms with E-state index in [1.807, 2.05) is 6.26 Å². The second-order valence-electron chi connectivity index (χ2n) is 4.12. The number of nitrogens with two attached hydrogens (primary N) is 1. The molecular weight excluding hydrogens is 313 g/mol. The Morgan fingerprint density at radius 3 is 2.94 bits per heavy atom. The van der Waals surface area contributed by atoms with Crippen LogP contribution in [0.5, 0.6) is 0 Å². The van der Waals surface area contributed by atoms with Gasteiger partial charge in [-0.1, -0.05) is 18.2 Å². The van der Waals surface area contributed by atoms with Gasteiger partial charge in [-0.3, -0.25) is 0 Å². The van der Waals surface area contributed by atoms with Crippen LogP contribution in [0.3, 0.4) is 0 Å². The van der Waals surface area contributed by atoms with Crippen LogP contribution in [0.25, 0.3) is 0 Å². The molecule has 1 aromatic rings. The van der Waals surface area contributed by atoms with Crippen molar-refractivity contribution in [1.29, 1.82) is 0 Å². The average Bonchev–Trinajstić information content (AvgIpc) is 2.33. The molecule has 1 atom stereocenters. The highest BCUT2D eigenvalue weighted by Crippen LogP contribution is 2.29. The van der Waals surface area contributed by atoms with E-state index in [4.69, 9.17) is 10.5 Å². The maximum atomic E-state index is 6.29. The van der Waals surface area contributed by atoms with Crippen LogP contribution < -0.4 is 5.73 Å². The molecule has 1 heterocycles. The molecule has 16 heavy (non-hydrogen) atoms. The molecule has 1 unspecified atom stereocenters. The van der Waals surface area contributed by atoms with Crippen LogP contribution in [-0.2, 0) is 4.74 Å². The predicted molar refractivity (Wildman–Crippen MR) is 74.1 cm³/mol. The topological polar surface area (TPSA) is 35.2 Å². The summed E-state index contributed by atoms with van der Waals surface area (Å²) in [6.45, 7) is 2.94. The van der Waals surface area contributed by atoms with E-state index in [0.717, 1.165) is 19.4 Å². The lowest BCUT2D eigenvalue weighted by Crippen LogP contribution is -2.17. The Morgan fingerprint density at radius 1 is 1.44 bits per heavy atom. The molecule has 3 heteroatoms. The first-order valence-electron chi connectivity index (χ1n) is 5.51. The lowest BCUT2D eigenvalue weighted by molar-refractivity contribution is 0.221. The van der Waals surface area contributed by atoms with E-state index >= 15 is 0 Å². The number of rotatable bonds is 2. The zero-order valence-corrected chi connectivity index (χ0v) is 11.5. The summed E-state index contributed by atoms with van der Waals surface area (Å²) < 4.78 is 6.61. The molecule has 1 aliphatic rings. The number of aryl methyl sites for hydroxylation is 1. The minimum Gasteiger partial charge on any atom is -0.501 e. The monoisotopic (exact) mass is 329 g/mol. The number of halogens is 1. The summed E-state index contributed by atoms with van der Waals surface area (Å²) in [5.74, 6) is 0. The van der Waals surface area contributed by atoms with Crippen LogP contribution in [0, 0.1) is 10.5 Å². The van der Waals surface area contributed by atoms with Crippen molar-refractivity contribution < 1.29 is 4.74 Å². The summed E-state index contributed by atoms with van der Waals surface area (Å²) in [5, 5.41) is 0. The maximum absolute atomic E-state index is 6.29. The van der Waals surface area contributed by atoms with Crippen LogP contribution in [-0.4, -0.2) is 6.61 Å². The third-order valence-electron chi connectivity index (χ3n) is 2.92. The average molecular weight is 329 g/mol. The quantitative estimate of drug-likeness (QED) is 0.845. The maximum Gasteiger partial charge on any atom is 0.0876 e. The Morgan fingerprint density at radius 2 is 2.25 bits per heavy atom. The van der Waals surface area contributed by atoms with Crippen molar-refractivity contribution in [2.24, 2.45) is 5.73 Å². The first kappa shape index (κ1) is 11.9. The highest BCUT2D eigenvalue weighted by Gasteiger charge is 2.17. The molecule has 2 N–H and O–H groups in total. The van der Waals surface area contributed by atoms with Crippen molar-refractivity contribution in [1.82, 2.24) is 0 Å². The van der Waals surface area contributed by atoms with Gasteiger partial charge in [-0.2, -0.15) is 0 Å². The molecular formula is C13H16INO. The molecule has 0 aliphatic carbocycles. The Bertz CT molecular complexity index is 414. The van der Waals surface area contributed by atoms with E-state index in [9.17, 15) is 0 Å². The van der Waals surface area contributed by atoms with Crippen molar-refractivity contribution in [2.75, 3.05) is 6.61 Å². The van der Waals surface area contributed by atoms with Gasteiger partial charge in [-0.25, -0.2) is 0 Å². The third kappa shape index (κ3) is 2.40. The summed E-state index contributed by atoms with van der Waals surface area (Å²) in [6, 6.07) is 6.27. The summed E-state index contributed by atoms with van der Waals surface area (Å²) in [4.78, 5) is 0. The molecule has 0 radical (unpaired) electrons. The van der Waals surface area contributed by atoms with Gasteiger partial charge in [-0.05, 0) is 59.1 Å². The van der Waals surface area contributed by atoms with E-state index in [1.54, 1.807) is 0 Å². The van der Waals surface area contributed by atoms with E-state index in [1.165, 1.54) is 20.3 Å². The predicted octanol–water partition coefficient (Wildman–Crippen LogP) is 3.29. The zero-order chi connectivity index (χ0) is 11.5. The van der Waals surface area contributed by atoms with Crippen LogP contribution in [0.4, 0.5) is 0 Å². The normalized spacial score (nSPS) is 17.6. The van der Waals surface area contributed by atoms with Crippen molar-refractivity contribution in [2.45, 2.75) is 25.8 Å². The number of ether oxygens (including phenoxy) is 1. The minimum atomic E-state index is -0.0212. The van der Waals surface area contributed by atoms with Gasteiger partial charge in [-0.15, -0.1) is 0 Å². The molecule has 0 spiro atoms. The number of benzene rings is 1. The Balaban J connectivity index is 2.29. The molecule has 0 saturated heterocycles. The molecule has 0 bridgehead atoms. The summed E-state index contributed by atoms with van der Waals surface area (Å²) in [5.41, 5.74) is 9.98. The summed E-state index contributed by atoms with van der Waals surface area (Å²) >= 11 is 2.37. The number of hydrogen-bond acceptors (Lipinski definition) is 2. The standard InChI is InChI=1S/C13H16INO/c1-9-4-2-6-11(12(9)14)13(15)10-5-3-7-16-8-10/h2,4,6,8,13H,3,5,7,15H2,1H3. The van der Waals surface area contributed by atoms with E-state index in [-0.39, 0.29) is 6.04 Å². The lowest BCUT2D eigenvalue weighted by Gasteiger charge is -2.21. The highest BCUT2D eigenvalue weighted by molar-refractivity contribution is 14.1. The molecule has 2 rings (SSSR count). The largest absolute Gasteiger partial charge is 0.501 e. The Kier molecular flexibility index (Phi) is 3.86. The zero-order valence-electron chi connectivity index (χ0n) is 9.37. The summed E-state index contributed by atoms with van der Waals surface area (Å²) in [6.07, 6.45) is 3.96. The molecule has 1 aliphatic heterocycles. The van der Waals surface area contributed by atoms with Crippen LogP contribution in [0.15, 0.2) is 30.0 Å². The fraction of sp³-hybridized carbons (Fsp3) is 0.385. The van der Waals surface area contributed by atoms with Crippen LogP contribution in [0.2, 0.25) is 0 Å². The molecule has 1 aromatic carbocycles. The van der Waals surface area contributed by atoms with Gasteiger partial charge in [0.1, 0.15) is 0 Å². The molecule has 0 amide bonds. The van der Waals surface area contributed by atoms with Gasteiger partial charge in [0.25, 0.3) is 0 Å². The van der Waals surface area contributed by atoms with Gasteiger partial charge in [0.15, 0.2) is 0 Å². The SMILES string of the molecule is Cc1cccc(C(N)C2=COCCC2)c1I. The second kappa shape index (κ2) is 5.19. The van der Waals surface area contributed by atoms with E-state index in [0.29, 0.717) is 0 Å². The van der Waals surface area contributed by atoms with Crippen molar-refractivity contribution in [3.05, 3.63) is 44.7 Å². The van der Waals surface area contributed by atoms with Crippen LogP contribution >= 0.6 is 22.6 Å². The molecule has 0 saturated carbocycles. The fourth-order valence-electron chi connectivity index (χ4n) is 1.92. The highest BCUT2D eigenvalue weighted by atomic mass is 127. The molecule has 0 aromatic heterocycles. The third-order valence-corrected chi connectivity index (χ3v) is 4.39. The van der Waals surface area contributed by atoms with Gasteiger partial charge >= 0.3 is 0 Å². The van der Waals surface area contributed by atoms with Gasteiger partial charge in [0.2, 0.25) is 0 Å². The second-order valence-corrected chi connectivity index (χ2v) is 5.20. The molecule has 2 nitrogen and oxygen atoms in total. The van der Waals surface area contributed by atoms with E-state index in [2.05, 4.69) is 47.7 Å². The first-order chi connectivity index (χ1) is 7.70. The van der Waals surface area contributed by atoms with Gasteiger partial charge in [0, 0.05) is 3.57 Å². The van der Waals surface area contributed by atoms with Gasteiger partial charge < -0.3 is 10.5 Å². The molecule has 86 valence electrons. The smallest absolute Gasteiger partial charge is 0.0876 e. The van der Waals surface area contributed by atoms with Crippen LogP contribution in [0.1, 0.15) is 30.0 Å². The lowest BCUT2D eigenvalue weighted by atomic mass is 9.95. The Labute approximate surface area is 110 Å². The number of hydrogen-bond donors (Lipinski definition) is 1. The van der Waals surface area contributed by atoms with Crippen molar-refractivity contribution in [3.8, 4) is 0 Å². The Hall–Kier alpha value is -0.550. The first-order valence-corrected chi connectivity index (χ1v) is 6.59. The summed E-state index contributed by atoms with van der Waals surface area (Å²) in [7, 11) is 0. The van der Waals surface area contributed by atoms with E-state index < -0.39 is 0 Å². The minimum absolute atomic E-state index is 0.0212.